The highest BCUT2D eigenvalue weighted by Crippen LogP contribution is 2.17. The fourth-order valence-electron chi connectivity index (χ4n) is 2.52. The van der Waals surface area contributed by atoms with Gasteiger partial charge in [0.15, 0.2) is 11.5 Å². The van der Waals surface area contributed by atoms with E-state index in [4.69, 9.17) is 9.47 Å². The maximum atomic E-state index is 12.2. The van der Waals surface area contributed by atoms with Gasteiger partial charge in [-0.1, -0.05) is 18.2 Å². The van der Waals surface area contributed by atoms with E-state index in [1.807, 2.05) is 30.3 Å². The van der Waals surface area contributed by atoms with Gasteiger partial charge in [0.05, 0.1) is 20.3 Å². The van der Waals surface area contributed by atoms with E-state index < -0.39 is 0 Å². The highest BCUT2D eigenvalue weighted by atomic mass is 16.5. The molecule has 0 saturated carbocycles. The second kappa shape index (κ2) is 7.74. The van der Waals surface area contributed by atoms with Crippen LogP contribution >= 0.6 is 0 Å². The van der Waals surface area contributed by atoms with Crippen LogP contribution in [0.25, 0.3) is 0 Å². The minimum atomic E-state index is -0.262. The molecule has 126 valence electrons. The number of hydrogen-bond donors (Lipinski definition) is 1. The van der Waals surface area contributed by atoms with Crippen LogP contribution < -0.4 is 15.0 Å². The number of carbonyl (C=O) groups excluding carboxylic acids is 1. The van der Waals surface area contributed by atoms with E-state index in [1.54, 1.807) is 13.2 Å². The van der Waals surface area contributed by atoms with Crippen molar-refractivity contribution >= 4 is 11.7 Å². The summed E-state index contributed by atoms with van der Waals surface area (Å²) in [6.07, 6.45) is 0. The molecule has 1 N–H and O–H groups in total. The van der Waals surface area contributed by atoms with Crippen LogP contribution in [0.5, 0.6) is 5.75 Å². The quantitative estimate of drug-likeness (QED) is 0.890. The number of carbonyl (C=O) groups is 1. The Morgan fingerprint density at radius 1 is 1.21 bits per heavy atom. The smallest absolute Gasteiger partial charge is 0.272 e. The first-order valence-corrected chi connectivity index (χ1v) is 7.84. The summed E-state index contributed by atoms with van der Waals surface area (Å²) in [6.45, 7) is 3.31. The molecule has 24 heavy (non-hydrogen) atoms. The third kappa shape index (κ3) is 3.80. The van der Waals surface area contributed by atoms with Gasteiger partial charge in [-0.25, -0.2) is 0 Å². The molecule has 1 amide bonds. The highest BCUT2D eigenvalue weighted by molar-refractivity contribution is 5.92. The number of nitrogens with one attached hydrogen (secondary N) is 1. The highest BCUT2D eigenvalue weighted by Gasteiger charge is 2.14. The van der Waals surface area contributed by atoms with Gasteiger partial charge in [0.2, 0.25) is 0 Å². The molecule has 0 atom stereocenters. The molecule has 1 aromatic carbocycles. The standard InChI is InChI=1S/C17H20N4O3/c1-23-15-5-3-2-4-13(15)12-18-17(22)14-6-7-16(20-19-14)21-8-10-24-11-9-21/h2-7H,8-12H2,1H3,(H,18,22). The van der Waals surface area contributed by atoms with E-state index in [0.717, 1.165) is 30.2 Å². The van der Waals surface area contributed by atoms with Gasteiger partial charge in [-0.05, 0) is 18.2 Å². The van der Waals surface area contributed by atoms with Crippen molar-refractivity contribution in [3.8, 4) is 5.75 Å². The van der Waals surface area contributed by atoms with Crippen LogP contribution in [0, 0.1) is 0 Å². The summed E-state index contributed by atoms with van der Waals surface area (Å²) in [5.74, 6) is 1.24. The molecule has 0 radical (unpaired) electrons. The third-order valence-electron chi connectivity index (χ3n) is 3.85. The fourth-order valence-corrected chi connectivity index (χ4v) is 2.52. The summed E-state index contributed by atoms with van der Waals surface area (Å²) in [4.78, 5) is 14.3. The molecule has 0 aliphatic carbocycles. The van der Waals surface area contributed by atoms with Crippen molar-refractivity contribution in [3.63, 3.8) is 0 Å². The average molecular weight is 328 g/mol. The third-order valence-corrected chi connectivity index (χ3v) is 3.85. The van der Waals surface area contributed by atoms with Gasteiger partial charge in [-0.3, -0.25) is 4.79 Å². The number of nitrogens with zero attached hydrogens (tertiary/aromatic N) is 3. The predicted octanol–water partition coefficient (Wildman–Crippen LogP) is 1.25. The zero-order valence-corrected chi connectivity index (χ0v) is 13.6. The normalized spacial score (nSPS) is 14.3. The number of morpholine rings is 1. The zero-order valence-electron chi connectivity index (χ0n) is 13.6. The van der Waals surface area contributed by atoms with E-state index in [9.17, 15) is 4.79 Å². The van der Waals surface area contributed by atoms with Gasteiger partial charge in [0.25, 0.3) is 5.91 Å². The lowest BCUT2D eigenvalue weighted by atomic mass is 10.2. The fraction of sp³-hybridized carbons (Fsp3) is 0.353. The van der Waals surface area contributed by atoms with E-state index in [2.05, 4.69) is 20.4 Å². The minimum absolute atomic E-state index is 0.262. The first kappa shape index (κ1) is 16.2. The summed E-state index contributed by atoms with van der Waals surface area (Å²) < 4.78 is 10.6. The molecule has 0 spiro atoms. The van der Waals surface area contributed by atoms with Gasteiger partial charge < -0.3 is 19.7 Å². The van der Waals surface area contributed by atoms with Crippen molar-refractivity contribution in [1.29, 1.82) is 0 Å². The maximum Gasteiger partial charge on any atom is 0.272 e. The van der Waals surface area contributed by atoms with Gasteiger partial charge in [-0.2, -0.15) is 0 Å². The zero-order chi connectivity index (χ0) is 16.8. The summed E-state index contributed by atoms with van der Waals surface area (Å²) in [5, 5.41) is 11.0. The Labute approximate surface area is 140 Å². The molecular weight excluding hydrogens is 308 g/mol. The van der Waals surface area contributed by atoms with Crippen LogP contribution in [0.2, 0.25) is 0 Å². The van der Waals surface area contributed by atoms with Crippen LogP contribution in [0.4, 0.5) is 5.82 Å². The van der Waals surface area contributed by atoms with Gasteiger partial charge >= 0.3 is 0 Å². The minimum Gasteiger partial charge on any atom is -0.496 e. The van der Waals surface area contributed by atoms with Crippen LogP contribution in [-0.2, 0) is 11.3 Å². The second-order valence-electron chi connectivity index (χ2n) is 5.37. The van der Waals surface area contributed by atoms with E-state index in [1.165, 1.54) is 0 Å². The summed E-state index contributed by atoms with van der Waals surface area (Å²) in [7, 11) is 1.61. The average Bonchev–Trinajstić information content (AvgIpc) is 2.67. The molecule has 1 aromatic heterocycles. The number of hydrogen-bond acceptors (Lipinski definition) is 6. The Morgan fingerprint density at radius 2 is 2.00 bits per heavy atom. The summed E-state index contributed by atoms with van der Waals surface area (Å²) >= 11 is 0. The molecule has 7 nitrogen and oxygen atoms in total. The van der Waals surface area contributed by atoms with Crippen molar-refractivity contribution < 1.29 is 14.3 Å². The number of ether oxygens (including phenoxy) is 2. The molecule has 0 unspecified atom stereocenters. The Balaban J connectivity index is 1.60. The van der Waals surface area contributed by atoms with Crippen LogP contribution in [0.1, 0.15) is 16.1 Å². The van der Waals surface area contributed by atoms with Crippen molar-refractivity contribution in [1.82, 2.24) is 15.5 Å². The molecule has 7 heteroatoms. The van der Waals surface area contributed by atoms with Crippen LogP contribution in [-0.4, -0.2) is 49.5 Å². The SMILES string of the molecule is COc1ccccc1CNC(=O)c1ccc(N2CCOCC2)nn1. The van der Waals surface area contributed by atoms with Crippen molar-refractivity contribution in [2.45, 2.75) is 6.54 Å². The van der Waals surface area contributed by atoms with Gasteiger partial charge in [-0.15, -0.1) is 10.2 Å². The molecule has 1 saturated heterocycles. The van der Waals surface area contributed by atoms with E-state index in [-0.39, 0.29) is 5.91 Å². The number of methoxy groups -OCH3 is 1. The number of amides is 1. The van der Waals surface area contributed by atoms with Crippen LogP contribution in [0.15, 0.2) is 36.4 Å². The van der Waals surface area contributed by atoms with E-state index >= 15 is 0 Å². The molecule has 2 aromatic rings. The Kier molecular flexibility index (Phi) is 5.22. The Bertz CT molecular complexity index is 684. The van der Waals surface area contributed by atoms with Crippen LogP contribution in [0.3, 0.4) is 0 Å². The number of rotatable bonds is 5. The van der Waals surface area contributed by atoms with Crippen molar-refractivity contribution in [3.05, 3.63) is 47.7 Å². The summed E-state index contributed by atoms with van der Waals surface area (Å²) in [5.41, 5.74) is 1.20. The molecule has 3 rings (SSSR count). The lowest BCUT2D eigenvalue weighted by molar-refractivity contribution is 0.0944. The first-order valence-electron chi connectivity index (χ1n) is 7.84. The molecule has 2 heterocycles. The maximum absolute atomic E-state index is 12.2. The van der Waals surface area contributed by atoms with Crippen molar-refractivity contribution in [2.75, 3.05) is 38.3 Å². The number of anilines is 1. The Hall–Kier alpha value is -2.67. The molecular formula is C17H20N4O3. The van der Waals surface area contributed by atoms with Gasteiger partial charge in [0.1, 0.15) is 5.75 Å². The van der Waals surface area contributed by atoms with Gasteiger partial charge in [0, 0.05) is 25.2 Å². The topological polar surface area (TPSA) is 76.6 Å². The molecule has 1 aliphatic heterocycles. The molecule has 1 aliphatic rings. The molecule has 1 fully saturated rings. The number of benzene rings is 1. The monoisotopic (exact) mass is 328 g/mol. The van der Waals surface area contributed by atoms with E-state index in [0.29, 0.717) is 25.5 Å². The lowest BCUT2D eigenvalue weighted by Crippen LogP contribution is -2.37. The lowest BCUT2D eigenvalue weighted by Gasteiger charge is -2.27. The number of aromatic nitrogens is 2. The largest absolute Gasteiger partial charge is 0.496 e. The summed E-state index contributed by atoms with van der Waals surface area (Å²) in [6, 6.07) is 11.1. The Morgan fingerprint density at radius 3 is 2.71 bits per heavy atom. The predicted molar refractivity (Wildman–Crippen MR) is 89.2 cm³/mol. The van der Waals surface area contributed by atoms with Crippen molar-refractivity contribution in [2.24, 2.45) is 0 Å². The first-order chi connectivity index (χ1) is 11.8. The second-order valence-corrected chi connectivity index (χ2v) is 5.37. The molecule has 0 bridgehead atoms. The number of para-hydroxylation sites is 1.